The Balaban J connectivity index is 2.18. The smallest absolute Gasteiger partial charge is 0.393 e. The van der Waals surface area contributed by atoms with E-state index in [4.69, 9.17) is 11.0 Å². The molecule has 0 saturated carbocycles. The van der Waals surface area contributed by atoms with E-state index in [1.807, 2.05) is 6.07 Å². The molecule has 1 saturated heterocycles. The molecule has 0 radical (unpaired) electrons. The average molecular weight is 269 g/mol. The summed E-state index contributed by atoms with van der Waals surface area (Å²) in [5.74, 6) is -1.29. The van der Waals surface area contributed by atoms with Gasteiger partial charge in [-0.2, -0.15) is 18.4 Å². The molecule has 1 aromatic carbocycles. The van der Waals surface area contributed by atoms with E-state index < -0.39 is 12.1 Å². The van der Waals surface area contributed by atoms with Crippen LogP contribution in [0.1, 0.15) is 18.4 Å². The summed E-state index contributed by atoms with van der Waals surface area (Å²) in [5.41, 5.74) is 6.97. The van der Waals surface area contributed by atoms with Crippen molar-refractivity contribution in [1.82, 2.24) is 0 Å². The van der Waals surface area contributed by atoms with E-state index >= 15 is 0 Å². The van der Waals surface area contributed by atoms with Gasteiger partial charge in [-0.3, -0.25) is 0 Å². The number of anilines is 2. The second-order valence-corrected chi connectivity index (χ2v) is 4.71. The van der Waals surface area contributed by atoms with Gasteiger partial charge in [0, 0.05) is 18.8 Å². The molecule has 1 unspecified atom stereocenters. The van der Waals surface area contributed by atoms with Crippen LogP contribution in [0.3, 0.4) is 0 Å². The predicted molar refractivity (Wildman–Crippen MR) is 66.6 cm³/mol. The summed E-state index contributed by atoms with van der Waals surface area (Å²) in [7, 11) is 0. The van der Waals surface area contributed by atoms with Crippen molar-refractivity contribution in [2.75, 3.05) is 23.7 Å². The molecule has 0 aromatic heterocycles. The van der Waals surface area contributed by atoms with Crippen molar-refractivity contribution in [2.24, 2.45) is 5.92 Å². The Labute approximate surface area is 109 Å². The first kappa shape index (κ1) is 13.5. The summed E-state index contributed by atoms with van der Waals surface area (Å²) in [6.45, 7) is 0.534. The van der Waals surface area contributed by atoms with Gasteiger partial charge in [-0.05, 0) is 31.0 Å². The molecule has 19 heavy (non-hydrogen) atoms. The van der Waals surface area contributed by atoms with Gasteiger partial charge in [0.05, 0.1) is 17.2 Å². The molecule has 1 aromatic rings. The number of hydrogen-bond donors (Lipinski definition) is 1. The topological polar surface area (TPSA) is 53.0 Å². The SMILES string of the molecule is N#Cc1ccc(N2CCCC(C(F)(F)F)C2)cc1N. The highest BCUT2D eigenvalue weighted by atomic mass is 19.4. The first-order valence-electron chi connectivity index (χ1n) is 6.03. The first-order chi connectivity index (χ1) is 8.91. The number of nitrogens with two attached hydrogens (primary N) is 1. The zero-order chi connectivity index (χ0) is 14.0. The molecule has 6 heteroatoms. The molecule has 2 rings (SSSR count). The van der Waals surface area contributed by atoms with E-state index in [-0.39, 0.29) is 13.0 Å². The second kappa shape index (κ2) is 5.00. The molecule has 102 valence electrons. The third kappa shape index (κ3) is 2.92. The minimum absolute atomic E-state index is 0.0468. The molecule has 1 aliphatic rings. The Morgan fingerprint density at radius 3 is 2.68 bits per heavy atom. The van der Waals surface area contributed by atoms with Crippen LogP contribution in [0.4, 0.5) is 24.5 Å². The fraction of sp³-hybridized carbons (Fsp3) is 0.462. The van der Waals surface area contributed by atoms with Crippen molar-refractivity contribution in [3.8, 4) is 6.07 Å². The van der Waals surface area contributed by atoms with Gasteiger partial charge in [0.25, 0.3) is 0 Å². The lowest BCUT2D eigenvalue weighted by Gasteiger charge is -2.35. The van der Waals surface area contributed by atoms with Crippen LogP contribution in [0.25, 0.3) is 0 Å². The molecule has 0 bridgehead atoms. The Morgan fingerprint density at radius 1 is 1.37 bits per heavy atom. The van der Waals surface area contributed by atoms with Crippen LogP contribution in [-0.4, -0.2) is 19.3 Å². The van der Waals surface area contributed by atoms with Crippen molar-refractivity contribution in [3.05, 3.63) is 23.8 Å². The number of hydrogen-bond acceptors (Lipinski definition) is 3. The molecule has 3 nitrogen and oxygen atoms in total. The highest BCUT2D eigenvalue weighted by molar-refractivity contribution is 5.63. The van der Waals surface area contributed by atoms with Gasteiger partial charge >= 0.3 is 6.18 Å². The lowest BCUT2D eigenvalue weighted by molar-refractivity contribution is -0.175. The molecule has 0 amide bonds. The Kier molecular flexibility index (Phi) is 3.56. The molecule has 1 aliphatic heterocycles. The summed E-state index contributed by atoms with van der Waals surface area (Å²) in [4.78, 5) is 1.68. The van der Waals surface area contributed by atoms with Crippen molar-refractivity contribution in [2.45, 2.75) is 19.0 Å². The van der Waals surface area contributed by atoms with Crippen molar-refractivity contribution < 1.29 is 13.2 Å². The Bertz CT molecular complexity index is 505. The highest BCUT2D eigenvalue weighted by Crippen LogP contribution is 2.35. The van der Waals surface area contributed by atoms with Crippen LogP contribution in [-0.2, 0) is 0 Å². The monoisotopic (exact) mass is 269 g/mol. The predicted octanol–water partition coefficient (Wildman–Crippen LogP) is 2.92. The number of nitriles is 1. The lowest BCUT2D eigenvalue weighted by Crippen LogP contribution is -2.41. The molecule has 1 fully saturated rings. The van der Waals surface area contributed by atoms with Crippen molar-refractivity contribution in [3.63, 3.8) is 0 Å². The van der Waals surface area contributed by atoms with Crippen LogP contribution in [0.15, 0.2) is 18.2 Å². The maximum absolute atomic E-state index is 12.7. The number of rotatable bonds is 1. The zero-order valence-electron chi connectivity index (χ0n) is 10.2. The molecule has 0 spiro atoms. The molecular formula is C13H14F3N3. The van der Waals surface area contributed by atoms with E-state index in [0.29, 0.717) is 29.9 Å². The molecule has 1 atom stereocenters. The normalized spacial score (nSPS) is 20.1. The number of benzene rings is 1. The standard InChI is InChI=1S/C13H14F3N3/c14-13(15,16)10-2-1-5-19(8-10)11-4-3-9(7-17)12(18)6-11/h3-4,6,10H,1-2,5,8,18H2. The number of nitrogen functional groups attached to an aromatic ring is 1. The van der Waals surface area contributed by atoms with Crippen LogP contribution in [0.2, 0.25) is 0 Å². The number of alkyl halides is 3. The van der Waals surface area contributed by atoms with Crippen LogP contribution < -0.4 is 10.6 Å². The fourth-order valence-electron chi connectivity index (χ4n) is 2.33. The van der Waals surface area contributed by atoms with E-state index in [2.05, 4.69) is 0 Å². The van der Waals surface area contributed by atoms with Gasteiger partial charge in [0.2, 0.25) is 0 Å². The summed E-state index contributed by atoms with van der Waals surface area (Å²) < 4.78 is 38.2. The van der Waals surface area contributed by atoms with Crippen LogP contribution in [0.5, 0.6) is 0 Å². The van der Waals surface area contributed by atoms with Gasteiger partial charge in [-0.25, -0.2) is 0 Å². The number of piperidine rings is 1. The third-order valence-electron chi connectivity index (χ3n) is 3.41. The Morgan fingerprint density at radius 2 is 2.11 bits per heavy atom. The molecule has 2 N–H and O–H groups in total. The van der Waals surface area contributed by atoms with Crippen LogP contribution in [0, 0.1) is 17.2 Å². The largest absolute Gasteiger partial charge is 0.398 e. The minimum Gasteiger partial charge on any atom is -0.398 e. The van der Waals surface area contributed by atoms with E-state index in [0.717, 1.165) is 0 Å². The summed E-state index contributed by atoms with van der Waals surface area (Å²) in [6.07, 6.45) is -3.48. The maximum Gasteiger partial charge on any atom is 0.393 e. The zero-order valence-corrected chi connectivity index (χ0v) is 10.2. The minimum atomic E-state index is -4.16. The van der Waals surface area contributed by atoms with Gasteiger partial charge in [0.1, 0.15) is 6.07 Å². The second-order valence-electron chi connectivity index (χ2n) is 4.71. The molecule has 0 aliphatic carbocycles. The fourth-order valence-corrected chi connectivity index (χ4v) is 2.33. The van der Waals surface area contributed by atoms with Crippen molar-refractivity contribution >= 4 is 11.4 Å². The van der Waals surface area contributed by atoms with Gasteiger partial charge in [0.15, 0.2) is 0 Å². The first-order valence-corrected chi connectivity index (χ1v) is 6.03. The summed E-state index contributed by atoms with van der Waals surface area (Å²) in [6, 6.07) is 6.69. The summed E-state index contributed by atoms with van der Waals surface area (Å²) in [5, 5.41) is 8.78. The quantitative estimate of drug-likeness (QED) is 0.797. The lowest BCUT2D eigenvalue weighted by atomic mass is 9.97. The van der Waals surface area contributed by atoms with Gasteiger partial charge in [-0.1, -0.05) is 0 Å². The molecule has 1 heterocycles. The van der Waals surface area contributed by atoms with E-state index in [9.17, 15) is 13.2 Å². The summed E-state index contributed by atoms with van der Waals surface area (Å²) >= 11 is 0. The number of halogens is 3. The highest BCUT2D eigenvalue weighted by Gasteiger charge is 2.41. The van der Waals surface area contributed by atoms with E-state index in [1.165, 1.54) is 0 Å². The molecular weight excluding hydrogens is 255 g/mol. The number of nitrogens with zero attached hydrogens (tertiary/aromatic N) is 2. The van der Waals surface area contributed by atoms with Crippen molar-refractivity contribution in [1.29, 1.82) is 5.26 Å². The maximum atomic E-state index is 12.7. The van der Waals surface area contributed by atoms with Gasteiger partial charge < -0.3 is 10.6 Å². The Hall–Kier alpha value is -1.90. The average Bonchev–Trinajstić information content (AvgIpc) is 2.38. The van der Waals surface area contributed by atoms with Crippen LogP contribution >= 0.6 is 0 Å². The van der Waals surface area contributed by atoms with E-state index in [1.54, 1.807) is 23.1 Å². The third-order valence-corrected chi connectivity index (χ3v) is 3.41. The van der Waals surface area contributed by atoms with Gasteiger partial charge in [-0.15, -0.1) is 0 Å².